The van der Waals surface area contributed by atoms with E-state index in [9.17, 15) is 0 Å². The zero-order valence-electron chi connectivity index (χ0n) is 8.96. The molecule has 16 heavy (non-hydrogen) atoms. The molecule has 0 radical (unpaired) electrons. The number of rotatable bonds is 2. The number of ether oxygens (including phenoxy) is 1. The molecule has 0 amide bonds. The summed E-state index contributed by atoms with van der Waals surface area (Å²) in [4.78, 5) is 0. The highest BCUT2D eigenvalue weighted by Crippen LogP contribution is 2.37. The second-order valence-corrected chi connectivity index (χ2v) is 4.94. The largest absolute Gasteiger partial charge is 0.373 e. The van der Waals surface area contributed by atoms with E-state index in [2.05, 4.69) is 0 Å². The Morgan fingerprint density at radius 2 is 2.19 bits per heavy atom. The lowest BCUT2D eigenvalue weighted by Crippen LogP contribution is -2.28. The van der Waals surface area contributed by atoms with Gasteiger partial charge in [0.25, 0.3) is 0 Å². The summed E-state index contributed by atoms with van der Waals surface area (Å²) < 4.78 is 5.78. The molecule has 1 aliphatic rings. The number of hydrogen-bond donors (Lipinski definition) is 1. The van der Waals surface area contributed by atoms with Crippen LogP contribution in [0.1, 0.15) is 24.5 Å². The zero-order chi connectivity index (χ0) is 11.5. The van der Waals surface area contributed by atoms with Crippen molar-refractivity contribution in [2.45, 2.75) is 18.9 Å². The quantitative estimate of drug-likeness (QED) is 0.884. The summed E-state index contributed by atoms with van der Waals surface area (Å²) in [5.41, 5.74) is 6.73. The number of benzene rings is 1. The fourth-order valence-corrected chi connectivity index (χ4v) is 2.57. The van der Waals surface area contributed by atoms with Gasteiger partial charge in [0.15, 0.2) is 0 Å². The predicted molar refractivity (Wildman–Crippen MR) is 66.9 cm³/mol. The first-order valence-electron chi connectivity index (χ1n) is 5.49. The van der Waals surface area contributed by atoms with E-state index in [0.717, 1.165) is 25.0 Å². The van der Waals surface area contributed by atoms with Crippen molar-refractivity contribution in [1.29, 1.82) is 0 Å². The molecule has 4 heteroatoms. The van der Waals surface area contributed by atoms with Crippen LogP contribution in [0.5, 0.6) is 0 Å². The van der Waals surface area contributed by atoms with E-state index in [1.165, 1.54) is 0 Å². The molecule has 1 aliphatic heterocycles. The lowest BCUT2D eigenvalue weighted by atomic mass is 9.89. The lowest BCUT2D eigenvalue weighted by Gasteiger charge is -2.31. The van der Waals surface area contributed by atoms with Gasteiger partial charge in [-0.25, -0.2) is 0 Å². The highest BCUT2D eigenvalue weighted by molar-refractivity contribution is 6.33. The Labute approximate surface area is 106 Å². The molecular weight excluding hydrogens is 245 g/mol. The van der Waals surface area contributed by atoms with E-state index in [0.29, 0.717) is 22.5 Å². The minimum atomic E-state index is -0.00931. The van der Waals surface area contributed by atoms with Crippen LogP contribution in [0.25, 0.3) is 0 Å². The van der Waals surface area contributed by atoms with E-state index in [-0.39, 0.29) is 6.10 Å². The van der Waals surface area contributed by atoms with E-state index in [4.69, 9.17) is 33.7 Å². The summed E-state index contributed by atoms with van der Waals surface area (Å²) >= 11 is 12.2. The second kappa shape index (κ2) is 5.37. The van der Waals surface area contributed by atoms with Crippen molar-refractivity contribution in [2.24, 2.45) is 11.7 Å². The Bertz CT molecular complexity index is 370. The third-order valence-electron chi connectivity index (χ3n) is 3.01. The molecule has 0 aliphatic carbocycles. The zero-order valence-corrected chi connectivity index (χ0v) is 10.5. The first-order chi connectivity index (χ1) is 7.72. The molecular formula is C12H15Cl2NO. The fourth-order valence-electron chi connectivity index (χ4n) is 2.16. The molecule has 88 valence electrons. The van der Waals surface area contributed by atoms with Gasteiger partial charge in [0.05, 0.1) is 6.10 Å². The average Bonchev–Trinajstić information content (AvgIpc) is 2.32. The van der Waals surface area contributed by atoms with Gasteiger partial charge in [-0.1, -0.05) is 23.2 Å². The molecule has 1 aromatic carbocycles. The minimum Gasteiger partial charge on any atom is -0.373 e. The summed E-state index contributed by atoms with van der Waals surface area (Å²) in [5, 5.41) is 1.39. The lowest BCUT2D eigenvalue weighted by molar-refractivity contribution is -0.0250. The molecule has 0 bridgehead atoms. The highest BCUT2D eigenvalue weighted by atomic mass is 35.5. The molecule has 2 N–H and O–H groups in total. The normalized spacial score (nSPS) is 25.7. The first kappa shape index (κ1) is 12.2. The van der Waals surface area contributed by atoms with Crippen molar-refractivity contribution in [3.63, 3.8) is 0 Å². The van der Waals surface area contributed by atoms with Gasteiger partial charge >= 0.3 is 0 Å². The summed E-state index contributed by atoms with van der Waals surface area (Å²) in [5.74, 6) is 0.338. The summed E-state index contributed by atoms with van der Waals surface area (Å²) in [6.07, 6.45) is 2.14. The minimum absolute atomic E-state index is 0.00931. The first-order valence-corrected chi connectivity index (χ1v) is 6.24. The van der Waals surface area contributed by atoms with Crippen molar-refractivity contribution in [3.05, 3.63) is 33.8 Å². The molecule has 1 saturated heterocycles. The molecule has 1 fully saturated rings. The van der Waals surface area contributed by atoms with Crippen LogP contribution in [0.2, 0.25) is 10.0 Å². The van der Waals surface area contributed by atoms with Crippen molar-refractivity contribution in [2.75, 3.05) is 13.2 Å². The summed E-state index contributed by atoms with van der Waals surface area (Å²) in [7, 11) is 0. The molecule has 1 heterocycles. The van der Waals surface area contributed by atoms with Gasteiger partial charge in [0, 0.05) is 28.1 Å². The van der Waals surface area contributed by atoms with Crippen molar-refractivity contribution in [1.82, 2.24) is 0 Å². The third kappa shape index (κ3) is 2.51. The Balaban J connectivity index is 2.30. The van der Waals surface area contributed by atoms with Crippen LogP contribution in [0.15, 0.2) is 18.2 Å². The topological polar surface area (TPSA) is 35.2 Å². The SMILES string of the molecule is NCC1CCCOC1c1cc(Cl)ccc1Cl. The number of hydrogen-bond acceptors (Lipinski definition) is 2. The fraction of sp³-hybridized carbons (Fsp3) is 0.500. The molecule has 0 saturated carbocycles. The van der Waals surface area contributed by atoms with Gasteiger partial charge in [0.1, 0.15) is 0 Å². The Morgan fingerprint density at radius 1 is 1.38 bits per heavy atom. The van der Waals surface area contributed by atoms with Gasteiger partial charge in [-0.2, -0.15) is 0 Å². The summed E-state index contributed by atoms with van der Waals surface area (Å²) in [6, 6.07) is 5.47. The predicted octanol–water partition coefficient (Wildman–Crippen LogP) is 3.42. The van der Waals surface area contributed by atoms with E-state index in [1.54, 1.807) is 6.07 Å². The van der Waals surface area contributed by atoms with E-state index < -0.39 is 0 Å². The molecule has 2 atom stereocenters. The monoisotopic (exact) mass is 259 g/mol. The van der Waals surface area contributed by atoms with Crippen LogP contribution < -0.4 is 5.73 Å². The van der Waals surface area contributed by atoms with Crippen LogP contribution in [0.4, 0.5) is 0 Å². The maximum Gasteiger partial charge on any atom is 0.0879 e. The van der Waals surface area contributed by atoms with E-state index >= 15 is 0 Å². The average molecular weight is 260 g/mol. The van der Waals surface area contributed by atoms with Gasteiger partial charge in [0.2, 0.25) is 0 Å². The van der Waals surface area contributed by atoms with Crippen LogP contribution in [-0.2, 0) is 4.74 Å². The molecule has 2 rings (SSSR count). The van der Waals surface area contributed by atoms with Gasteiger partial charge in [-0.05, 0) is 37.6 Å². The molecule has 2 nitrogen and oxygen atoms in total. The second-order valence-electron chi connectivity index (χ2n) is 4.10. The van der Waals surface area contributed by atoms with E-state index in [1.807, 2.05) is 12.1 Å². The van der Waals surface area contributed by atoms with Crippen LogP contribution in [0, 0.1) is 5.92 Å². The highest BCUT2D eigenvalue weighted by Gasteiger charge is 2.28. The van der Waals surface area contributed by atoms with Crippen molar-refractivity contribution < 1.29 is 4.74 Å². The number of nitrogens with two attached hydrogens (primary N) is 1. The Morgan fingerprint density at radius 3 is 2.94 bits per heavy atom. The van der Waals surface area contributed by atoms with Crippen LogP contribution in [0.3, 0.4) is 0 Å². The van der Waals surface area contributed by atoms with Crippen LogP contribution in [-0.4, -0.2) is 13.2 Å². The number of halogens is 2. The van der Waals surface area contributed by atoms with Gasteiger partial charge < -0.3 is 10.5 Å². The smallest absolute Gasteiger partial charge is 0.0879 e. The van der Waals surface area contributed by atoms with Crippen LogP contribution >= 0.6 is 23.2 Å². The third-order valence-corrected chi connectivity index (χ3v) is 3.59. The standard InChI is InChI=1S/C12H15Cl2NO/c13-9-3-4-11(14)10(6-9)12-8(7-15)2-1-5-16-12/h3-4,6,8,12H,1-2,5,7,15H2. The maximum atomic E-state index is 6.17. The van der Waals surface area contributed by atoms with Crippen molar-refractivity contribution >= 4 is 23.2 Å². The summed E-state index contributed by atoms with van der Waals surface area (Å²) in [6.45, 7) is 1.39. The van der Waals surface area contributed by atoms with Crippen molar-refractivity contribution in [3.8, 4) is 0 Å². The van der Waals surface area contributed by atoms with Gasteiger partial charge in [-0.3, -0.25) is 0 Å². The molecule has 0 aromatic heterocycles. The maximum absolute atomic E-state index is 6.17. The molecule has 1 aromatic rings. The Hall–Kier alpha value is -0.280. The molecule has 2 unspecified atom stereocenters. The van der Waals surface area contributed by atoms with Gasteiger partial charge in [-0.15, -0.1) is 0 Å². The molecule has 0 spiro atoms. The Kier molecular flexibility index (Phi) is 4.09.